The number of aliphatic hydroxyl groups excluding tert-OH is 1. The predicted octanol–water partition coefficient (Wildman–Crippen LogP) is 2.54. The standard InChI is InChI=1S/C19H26FNO3/c1-19(12-22,11-13-3-5-14(20)6-4-13)18(23)24-17-9-15-7-8-16(10-17)21(15)2/h3-6,15-17,22H,7-12H2,1-2H3. The van der Waals surface area contributed by atoms with E-state index in [9.17, 15) is 14.3 Å². The Kier molecular flexibility index (Phi) is 4.92. The van der Waals surface area contributed by atoms with Gasteiger partial charge in [-0.15, -0.1) is 0 Å². The van der Waals surface area contributed by atoms with E-state index in [2.05, 4.69) is 11.9 Å². The molecule has 0 spiro atoms. The molecular weight excluding hydrogens is 309 g/mol. The number of carbonyl (C=O) groups is 1. The number of rotatable bonds is 5. The Bertz CT molecular complexity index is 577. The lowest BCUT2D eigenvalue weighted by atomic mass is 9.84. The van der Waals surface area contributed by atoms with Crippen LogP contribution in [0.3, 0.4) is 0 Å². The van der Waals surface area contributed by atoms with Crippen LogP contribution in [0, 0.1) is 11.2 Å². The van der Waals surface area contributed by atoms with Crippen molar-refractivity contribution in [1.82, 2.24) is 4.90 Å². The number of fused-ring (bicyclic) bond motifs is 2. The van der Waals surface area contributed by atoms with Crippen LogP contribution in [0.5, 0.6) is 0 Å². The average Bonchev–Trinajstić information content (AvgIpc) is 2.78. The van der Waals surface area contributed by atoms with Gasteiger partial charge >= 0.3 is 5.97 Å². The molecule has 0 amide bonds. The quantitative estimate of drug-likeness (QED) is 0.840. The number of halogens is 1. The summed E-state index contributed by atoms with van der Waals surface area (Å²) >= 11 is 0. The highest BCUT2D eigenvalue weighted by Crippen LogP contribution is 2.36. The van der Waals surface area contributed by atoms with Crippen molar-refractivity contribution in [2.24, 2.45) is 5.41 Å². The Morgan fingerprint density at radius 3 is 2.42 bits per heavy atom. The number of carbonyl (C=O) groups excluding carboxylic acids is 1. The second-order valence-corrected chi connectivity index (χ2v) is 7.57. The first kappa shape index (κ1) is 17.4. The van der Waals surface area contributed by atoms with Gasteiger partial charge in [0.25, 0.3) is 0 Å². The van der Waals surface area contributed by atoms with Crippen molar-refractivity contribution >= 4 is 5.97 Å². The van der Waals surface area contributed by atoms with E-state index >= 15 is 0 Å². The predicted molar refractivity (Wildman–Crippen MR) is 89.0 cm³/mol. The largest absolute Gasteiger partial charge is 0.462 e. The third-order valence-corrected chi connectivity index (χ3v) is 5.68. The van der Waals surface area contributed by atoms with Crippen LogP contribution in [0.25, 0.3) is 0 Å². The van der Waals surface area contributed by atoms with Crippen molar-refractivity contribution < 1.29 is 19.0 Å². The number of nitrogens with zero attached hydrogens (tertiary/aromatic N) is 1. The molecule has 0 aromatic heterocycles. The summed E-state index contributed by atoms with van der Waals surface area (Å²) < 4.78 is 18.8. The summed E-state index contributed by atoms with van der Waals surface area (Å²) in [7, 11) is 2.15. The Balaban J connectivity index is 1.64. The third-order valence-electron chi connectivity index (χ3n) is 5.68. The van der Waals surface area contributed by atoms with Crippen LogP contribution >= 0.6 is 0 Å². The molecule has 2 aliphatic heterocycles. The number of hydrogen-bond acceptors (Lipinski definition) is 4. The zero-order valence-corrected chi connectivity index (χ0v) is 14.4. The Hall–Kier alpha value is -1.46. The molecule has 3 unspecified atom stereocenters. The summed E-state index contributed by atoms with van der Waals surface area (Å²) in [4.78, 5) is 15.1. The summed E-state index contributed by atoms with van der Waals surface area (Å²) in [6, 6.07) is 7.02. The molecule has 0 radical (unpaired) electrons. The van der Waals surface area contributed by atoms with Crippen molar-refractivity contribution in [2.45, 2.75) is 57.2 Å². The van der Waals surface area contributed by atoms with E-state index in [0.717, 1.165) is 18.4 Å². The first-order valence-corrected chi connectivity index (χ1v) is 8.69. The molecule has 2 aliphatic rings. The zero-order chi connectivity index (χ0) is 17.3. The fraction of sp³-hybridized carbons (Fsp3) is 0.632. The molecule has 0 saturated carbocycles. The molecular formula is C19H26FNO3. The van der Waals surface area contributed by atoms with Crippen LogP contribution in [0.15, 0.2) is 24.3 Å². The molecule has 1 aromatic carbocycles. The highest BCUT2D eigenvalue weighted by atomic mass is 19.1. The molecule has 3 atom stereocenters. The number of esters is 1. The van der Waals surface area contributed by atoms with E-state index in [4.69, 9.17) is 4.74 Å². The van der Waals surface area contributed by atoms with Crippen molar-refractivity contribution in [2.75, 3.05) is 13.7 Å². The zero-order valence-electron chi connectivity index (χ0n) is 14.4. The lowest BCUT2D eigenvalue weighted by Gasteiger charge is -2.37. The Labute approximate surface area is 142 Å². The second-order valence-electron chi connectivity index (χ2n) is 7.57. The van der Waals surface area contributed by atoms with Crippen LogP contribution in [-0.2, 0) is 16.0 Å². The molecule has 0 aliphatic carbocycles. The lowest BCUT2D eigenvalue weighted by molar-refractivity contribution is -0.166. The van der Waals surface area contributed by atoms with E-state index in [1.165, 1.54) is 25.0 Å². The van der Waals surface area contributed by atoms with Crippen molar-refractivity contribution in [1.29, 1.82) is 0 Å². The van der Waals surface area contributed by atoms with Crippen molar-refractivity contribution in [3.8, 4) is 0 Å². The minimum Gasteiger partial charge on any atom is -0.462 e. The molecule has 3 rings (SSSR count). The van der Waals surface area contributed by atoms with Gasteiger partial charge in [-0.05, 0) is 63.8 Å². The first-order chi connectivity index (χ1) is 11.4. The summed E-state index contributed by atoms with van der Waals surface area (Å²) in [5.74, 6) is -0.669. The number of ether oxygens (including phenoxy) is 1. The van der Waals surface area contributed by atoms with E-state index in [1.807, 2.05) is 0 Å². The Morgan fingerprint density at radius 1 is 1.29 bits per heavy atom. The highest BCUT2D eigenvalue weighted by molar-refractivity contribution is 5.77. The summed E-state index contributed by atoms with van der Waals surface area (Å²) in [5.41, 5.74) is -0.186. The minimum atomic E-state index is -1.000. The van der Waals surface area contributed by atoms with Gasteiger partial charge in [0, 0.05) is 12.1 Å². The normalized spacial score (nSPS) is 29.2. The molecule has 2 heterocycles. The van der Waals surface area contributed by atoms with Crippen LogP contribution < -0.4 is 0 Å². The maximum absolute atomic E-state index is 13.0. The summed E-state index contributed by atoms with van der Waals surface area (Å²) in [5, 5.41) is 9.78. The van der Waals surface area contributed by atoms with Gasteiger partial charge in [-0.2, -0.15) is 0 Å². The van der Waals surface area contributed by atoms with E-state index < -0.39 is 5.41 Å². The smallest absolute Gasteiger partial charge is 0.314 e. The fourth-order valence-electron chi connectivity index (χ4n) is 4.00. The SMILES string of the molecule is CN1C2CCC1CC(OC(=O)C(C)(CO)Cc1ccc(F)cc1)C2. The van der Waals surface area contributed by atoms with E-state index in [-0.39, 0.29) is 24.5 Å². The molecule has 1 aromatic rings. The molecule has 132 valence electrons. The molecule has 2 saturated heterocycles. The van der Waals surface area contributed by atoms with Gasteiger partial charge in [0.15, 0.2) is 0 Å². The Morgan fingerprint density at radius 2 is 1.88 bits per heavy atom. The maximum atomic E-state index is 13.0. The second kappa shape index (κ2) is 6.81. The average molecular weight is 335 g/mol. The molecule has 5 heteroatoms. The van der Waals surface area contributed by atoms with Crippen molar-refractivity contribution in [3.63, 3.8) is 0 Å². The van der Waals surface area contributed by atoms with Gasteiger partial charge in [-0.3, -0.25) is 4.79 Å². The lowest BCUT2D eigenvalue weighted by Crippen LogP contribution is -2.45. The van der Waals surface area contributed by atoms with Gasteiger partial charge < -0.3 is 14.7 Å². The number of benzene rings is 1. The van der Waals surface area contributed by atoms with Gasteiger partial charge in [0.05, 0.1) is 12.0 Å². The first-order valence-electron chi connectivity index (χ1n) is 8.69. The van der Waals surface area contributed by atoms with Crippen LogP contribution in [-0.4, -0.2) is 47.8 Å². The van der Waals surface area contributed by atoms with Gasteiger partial charge in [-0.1, -0.05) is 12.1 Å². The molecule has 2 fully saturated rings. The molecule has 1 N–H and O–H groups in total. The highest BCUT2D eigenvalue weighted by Gasteiger charge is 2.42. The minimum absolute atomic E-state index is 0.0645. The molecule has 2 bridgehead atoms. The summed E-state index contributed by atoms with van der Waals surface area (Å²) in [6.07, 6.45) is 4.35. The fourth-order valence-corrected chi connectivity index (χ4v) is 4.00. The third kappa shape index (κ3) is 3.47. The van der Waals surface area contributed by atoms with Crippen LogP contribution in [0.1, 0.15) is 38.2 Å². The summed E-state index contributed by atoms with van der Waals surface area (Å²) in [6.45, 7) is 1.42. The van der Waals surface area contributed by atoms with Crippen LogP contribution in [0.2, 0.25) is 0 Å². The van der Waals surface area contributed by atoms with Crippen molar-refractivity contribution in [3.05, 3.63) is 35.6 Å². The molecule has 24 heavy (non-hydrogen) atoms. The number of aliphatic hydroxyl groups is 1. The number of hydrogen-bond donors (Lipinski definition) is 1. The van der Waals surface area contributed by atoms with Crippen LogP contribution in [0.4, 0.5) is 4.39 Å². The topological polar surface area (TPSA) is 49.8 Å². The number of piperidine rings is 1. The van der Waals surface area contributed by atoms with E-state index in [0.29, 0.717) is 18.5 Å². The molecule has 4 nitrogen and oxygen atoms in total. The maximum Gasteiger partial charge on any atom is 0.314 e. The van der Waals surface area contributed by atoms with E-state index in [1.54, 1.807) is 19.1 Å². The van der Waals surface area contributed by atoms with Gasteiger partial charge in [0.2, 0.25) is 0 Å². The van der Waals surface area contributed by atoms with Gasteiger partial charge in [0.1, 0.15) is 11.9 Å². The van der Waals surface area contributed by atoms with Gasteiger partial charge in [-0.25, -0.2) is 4.39 Å². The monoisotopic (exact) mass is 335 g/mol.